The van der Waals surface area contributed by atoms with E-state index in [4.69, 9.17) is 16.0 Å². The van der Waals surface area contributed by atoms with E-state index in [9.17, 15) is 8.78 Å². The summed E-state index contributed by atoms with van der Waals surface area (Å²) < 4.78 is 32.1. The van der Waals surface area contributed by atoms with Crippen LogP contribution in [0.3, 0.4) is 0 Å². The molecule has 2 aromatic rings. The van der Waals surface area contributed by atoms with Crippen molar-refractivity contribution in [1.82, 2.24) is 5.32 Å². The average molecular weight is 300 g/mol. The van der Waals surface area contributed by atoms with E-state index in [0.717, 1.165) is 30.7 Å². The van der Waals surface area contributed by atoms with E-state index in [-0.39, 0.29) is 11.3 Å². The van der Waals surface area contributed by atoms with Crippen LogP contribution in [0.4, 0.5) is 8.78 Å². The highest BCUT2D eigenvalue weighted by Crippen LogP contribution is 2.27. The van der Waals surface area contributed by atoms with Gasteiger partial charge in [0.2, 0.25) is 0 Å². The van der Waals surface area contributed by atoms with E-state index in [0.29, 0.717) is 12.0 Å². The molecule has 20 heavy (non-hydrogen) atoms. The zero-order chi connectivity index (χ0) is 14.5. The Kier molecular flexibility index (Phi) is 5.15. The predicted molar refractivity (Wildman–Crippen MR) is 74.8 cm³/mol. The monoisotopic (exact) mass is 299 g/mol. The van der Waals surface area contributed by atoms with Crippen molar-refractivity contribution in [3.63, 3.8) is 0 Å². The predicted octanol–water partition coefficient (Wildman–Crippen LogP) is 4.49. The van der Waals surface area contributed by atoms with Crippen LogP contribution in [-0.2, 0) is 6.42 Å². The Labute approximate surface area is 121 Å². The number of halogens is 3. The van der Waals surface area contributed by atoms with Crippen molar-refractivity contribution in [1.29, 1.82) is 0 Å². The second-order valence-corrected chi connectivity index (χ2v) is 4.94. The minimum absolute atomic E-state index is 0.211. The lowest BCUT2D eigenvalue weighted by molar-refractivity contribution is 0.498. The molecule has 0 fully saturated rings. The maximum atomic E-state index is 13.7. The van der Waals surface area contributed by atoms with E-state index < -0.39 is 11.6 Å². The SMILES string of the molecule is CCCNC(Cc1cc(F)ccc1F)c1ccoc1Cl. The van der Waals surface area contributed by atoms with Crippen molar-refractivity contribution in [3.8, 4) is 0 Å². The first-order chi connectivity index (χ1) is 9.61. The molecule has 1 aromatic carbocycles. The van der Waals surface area contributed by atoms with Crippen LogP contribution in [0.2, 0.25) is 5.22 Å². The van der Waals surface area contributed by atoms with Crippen LogP contribution < -0.4 is 5.32 Å². The fourth-order valence-electron chi connectivity index (χ4n) is 2.08. The number of furan rings is 1. The van der Waals surface area contributed by atoms with Crippen molar-refractivity contribution in [3.05, 3.63) is 58.5 Å². The summed E-state index contributed by atoms with van der Waals surface area (Å²) in [5.74, 6) is -0.872. The van der Waals surface area contributed by atoms with Crippen molar-refractivity contribution in [2.24, 2.45) is 0 Å². The summed E-state index contributed by atoms with van der Waals surface area (Å²) in [6.07, 6.45) is 2.72. The fourth-order valence-corrected chi connectivity index (χ4v) is 2.33. The topological polar surface area (TPSA) is 25.2 Å². The first kappa shape index (κ1) is 15.0. The van der Waals surface area contributed by atoms with Gasteiger partial charge in [0.1, 0.15) is 11.6 Å². The maximum Gasteiger partial charge on any atom is 0.197 e. The zero-order valence-electron chi connectivity index (χ0n) is 11.1. The van der Waals surface area contributed by atoms with Gasteiger partial charge in [-0.15, -0.1) is 0 Å². The maximum absolute atomic E-state index is 13.7. The molecule has 1 heterocycles. The van der Waals surface area contributed by atoms with Crippen molar-refractivity contribution < 1.29 is 13.2 Å². The number of rotatable bonds is 6. The van der Waals surface area contributed by atoms with Crippen LogP contribution in [0.15, 0.2) is 34.9 Å². The quantitative estimate of drug-likeness (QED) is 0.850. The second-order valence-electron chi connectivity index (χ2n) is 4.60. The van der Waals surface area contributed by atoms with Gasteiger partial charge in [-0.1, -0.05) is 6.92 Å². The summed E-state index contributed by atoms with van der Waals surface area (Å²) in [5, 5.41) is 3.55. The first-order valence-corrected chi connectivity index (χ1v) is 6.89. The highest BCUT2D eigenvalue weighted by Gasteiger charge is 2.19. The van der Waals surface area contributed by atoms with Gasteiger partial charge >= 0.3 is 0 Å². The summed E-state index contributed by atoms with van der Waals surface area (Å²) in [6.45, 7) is 2.78. The lowest BCUT2D eigenvalue weighted by Gasteiger charge is -2.18. The van der Waals surface area contributed by atoms with Gasteiger partial charge in [0.15, 0.2) is 5.22 Å². The van der Waals surface area contributed by atoms with Crippen molar-refractivity contribution >= 4 is 11.6 Å². The molecule has 1 atom stereocenters. The average Bonchev–Trinajstić information content (AvgIpc) is 2.84. The van der Waals surface area contributed by atoms with Gasteiger partial charge in [-0.05, 0) is 60.8 Å². The molecule has 0 spiro atoms. The Morgan fingerprint density at radius 3 is 2.75 bits per heavy atom. The molecule has 5 heteroatoms. The van der Waals surface area contributed by atoms with Crippen LogP contribution in [-0.4, -0.2) is 6.54 Å². The lowest BCUT2D eigenvalue weighted by atomic mass is 10.0. The Balaban J connectivity index is 2.23. The Morgan fingerprint density at radius 1 is 1.30 bits per heavy atom. The van der Waals surface area contributed by atoms with Gasteiger partial charge in [-0.2, -0.15) is 0 Å². The third-order valence-electron chi connectivity index (χ3n) is 3.09. The molecule has 108 valence electrons. The molecule has 0 saturated carbocycles. The molecule has 2 rings (SSSR count). The van der Waals surface area contributed by atoms with Gasteiger partial charge in [-0.25, -0.2) is 8.78 Å². The molecule has 1 unspecified atom stereocenters. The molecule has 0 aliphatic carbocycles. The van der Waals surface area contributed by atoms with E-state index in [1.54, 1.807) is 6.07 Å². The molecule has 0 amide bonds. The van der Waals surface area contributed by atoms with Gasteiger partial charge in [-0.3, -0.25) is 0 Å². The minimum Gasteiger partial charge on any atom is -0.453 e. The summed E-state index contributed by atoms with van der Waals surface area (Å²) in [7, 11) is 0. The molecule has 0 radical (unpaired) electrons. The Morgan fingerprint density at radius 2 is 2.10 bits per heavy atom. The highest BCUT2D eigenvalue weighted by molar-refractivity contribution is 6.29. The zero-order valence-corrected chi connectivity index (χ0v) is 11.9. The minimum atomic E-state index is -0.450. The van der Waals surface area contributed by atoms with Crippen molar-refractivity contribution in [2.75, 3.05) is 6.54 Å². The molecular weight excluding hydrogens is 284 g/mol. The molecule has 0 aliphatic rings. The molecule has 1 N–H and O–H groups in total. The normalized spacial score (nSPS) is 12.6. The smallest absolute Gasteiger partial charge is 0.197 e. The van der Waals surface area contributed by atoms with E-state index >= 15 is 0 Å². The third kappa shape index (κ3) is 3.58. The van der Waals surface area contributed by atoms with E-state index in [1.807, 2.05) is 6.92 Å². The second kappa shape index (κ2) is 6.86. The standard InChI is InChI=1S/C15H16ClF2NO/c1-2-6-19-14(12-5-7-20-15(12)16)9-10-8-11(17)3-4-13(10)18/h3-5,7-8,14,19H,2,6,9H2,1H3. The van der Waals surface area contributed by atoms with Gasteiger partial charge in [0.05, 0.1) is 6.26 Å². The summed E-state index contributed by atoms with van der Waals surface area (Å²) in [4.78, 5) is 0. The summed E-state index contributed by atoms with van der Waals surface area (Å²) in [5.41, 5.74) is 1.07. The van der Waals surface area contributed by atoms with Crippen LogP contribution in [0, 0.1) is 11.6 Å². The third-order valence-corrected chi connectivity index (χ3v) is 3.40. The van der Waals surface area contributed by atoms with Crippen LogP contribution >= 0.6 is 11.6 Å². The Bertz CT molecular complexity index is 571. The van der Waals surface area contributed by atoms with Gasteiger partial charge < -0.3 is 9.73 Å². The number of hydrogen-bond donors (Lipinski definition) is 1. The Hall–Kier alpha value is -1.39. The molecule has 0 saturated heterocycles. The first-order valence-electron chi connectivity index (χ1n) is 6.52. The fraction of sp³-hybridized carbons (Fsp3) is 0.333. The van der Waals surface area contributed by atoms with Crippen molar-refractivity contribution in [2.45, 2.75) is 25.8 Å². The largest absolute Gasteiger partial charge is 0.453 e. The van der Waals surface area contributed by atoms with E-state index in [2.05, 4.69) is 5.32 Å². The highest BCUT2D eigenvalue weighted by atomic mass is 35.5. The number of benzene rings is 1. The van der Waals surface area contributed by atoms with Gasteiger partial charge in [0, 0.05) is 11.6 Å². The molecular formula is C15H16ClF2NO. The number of hydrogen-bond acceptors (Lipinski definition) is 2. The van der Waals surface area contributed by atoms with Crippen LogP contribution in [0.25, 0.3) is 0 Å². The molecule has 1 aromatic heterocycles. The summed E-state index contributed by atoms with van der Waals surface area (Å²) in [6, 6.07) is 4.99. The summed E-state index contributed by atoms with van der Waals surface area (Å²) >= 11 is 5.98. The van der Waals surface area contributed by atoms with E-state index in [1.165, 1.54) is 12.3 Å². The number of nitrogens with one attached hydrogen (secondary N) is 1. The van der Waals surface area contributed by atoms with Crippen LogP contribution in [0.5, 0.6) is 0 Å². The van der Waals surface area contributed by atoms with Crippen LogP contribution in [0.1, 0.15) is 30.5 Å². The molecule has 0 bridgehead atoms. The van der Waals surface area contributed by atoms with Gasteiger partial charge in [0.25, 0.3) is 0 Å². The molecule has 2 nitrogen and oxygen atoms in total. The lowest BCUT2D eigenvalue weighted by Crippen LogP contribution is -2.24. The molecule has 0 aliphatic heterocycles.